The highest BCUT2D eigenvalue weighted by Gasteiger charge is 2.17. The Labute approximate surface area is 129 Å². The first-order chi connectivity index (χ1) is 9.69. The number of benzene rings is 1. The lowest BCUT2D eigenvalue weighted by atomic mass is 10.0. The zero-order chi connectivity index (χ0) is 14.4. The topological polar surface area (TPSA) is 6.48 Å². The molecule has 0 spiro atoms. The van der Waals surface area contributed by atoms with Gasteiger partial charge in [-0.15, -0.1) is 0 Å². The molecule has 1 aromatic rings. The second-order valence-corrected chi connectivity index (χ2v) is 6.52. The van der Waals surface area contributed by atoms with Gasteiger partial charge in [0.1, 0.15) is 0 Å². The molecule has 0 saturated carbocycles. The molecule has 0 aliphatic carbocycles. The van der Waals surface area contributed by atoms with Gasteiger partial charge < -0.3 is 4.90 Å². The summed E-state index contributed by atoms with van der Waals surface area (Å²) in [5, 5.41) is 0. The largest absolute Gasteiger partial charge is 0.369 e. The number of hydrogen-bond donors (Lipinski definition) is 1. The smallest absolute Gasteiger partial charge is 0.0369 e. The molecule has 1 aliphatic heterocycles. The Morgan fingerprint density at radius 1 is 1.15 bits per heavy atom. The Morgan fingerprint density at radius 2 is 1.90 bits per heavy atom. The molecule has 3 heteroatoms. The molecule has 1 atom stereocenters. The van der Waals surface area contributed by atoms with Crippen LogP contribution < -0.4 is 4.90 Å². The third kappa shape index (κ3) is 4.71. The number of anilines is 1. The quantitative estimate of drug-likeness (QED) is 0.802. The molecule has 112 valence electrons. The molecule has 0 amide bonds. The molecule has 0 aromatic heterocycles. The van der Waals surface area contributed by atoms with Crippen LogP contribution in [0.5, 0.6) is 0 Å². The van der Waals surface area contributed by atoms with Crippen LogP contribution in [0.2, 0.25) is 0 Å². The van der Waals surface area contributed by atoms with E-state index in [2.05, 4.69) is 60.5 Å². The van der Waals surface area contributed by atoms with Gasteiger partial charge in [-0.25, -0.2) is 0 Å². The summed E-state index contributed by atoms with van der Waals surface area (Å²) in [5.41, 5.74) is 2.73. The van der Waals surface area contributed by atoms with Crippen molar-refractivity contribution in [2.45, 2.75) is 26.7 Å². The van der Waals surface area contributed by atoms with Crippen molar-refractivity contribution in [1.82, 2.24) is 4.90 Å². The maximum atomic E-state index is 4.32. The molecule has 0 bridgehead atoms. The fourth-order valence-electron chi connectivity index (χ4n) is 2.82. The highest BCUT2D eigenvalue weighted by atomic mass is 32.1. The zero-order valence-corrected chi connectivity index (χ0v) is 13.8. The Balaban J connectivity index is 1.75. The fraction of sp³-hybridized carbons (Fsp3) is 0.647. The lowest BCUT2D eigenvalue weighted by Gasteiger charge is -2.36. The number of hydrogen-bond acceptors (Lipinski definition) is 3. The van der Waals surface area contributed by atoms with Crippen molar-refractivity contribution in [2.24, 2.45) is 5.92 Å². The number of nitrogens with zero attached hydrogens (tertiary/aromatic N) is 2. The van der Waals surface area contributed by atoms with E-state index in [0.29, 0.717) is 0 Å². The average Bonchev–Trinajstić information content (AvgIpc) is 2.46. The predicted molar refractivity (Wildman–Crippen MR) is 92.1 cm³/mol. The Bertz CT molecular complexity index is 400. The van der Waals surface area contributed by atoms with Gasteiger partial charge in [0.15, 0.2) is 0 Å². The lowest BCUT2D eigenvalue weighted by molar-refractivity contribution is 0.240. The summed E-state index contributed by atoms with van der Waals surface area (Å²) in [6.45, 7) is 10.5. The van der Waals surface area contributed by atoms with Gasteiger partial charge in [-0.05, 0) is 55.7 Å². The van der Waals surface area contributed by atoms with Gasteiger partial charge in [0.25, 0.3) is 0 Å². The maximum absolute atomic E-state index is 4.32. The number of rotatable bonds is 6. The van der Waals surface area contributed by atoms with Crippen LogP contribution in [0.25, 0.3) is 0 Å². The molecular weight excluding hydrogens is 264 g/mol. The number of piperazine rings is 1. The SMILES string of the molecule is Cc1cccc(N2CCN(CCC(C)CCS)CC2)c1. The van der Waals surface area contributed by atoms with Gasteiger partial charge >= 0.3 is 0 Å². The molecule has 2 nitrogen and oxygen atoms in total. The third-order valence-electron chi connectivity index (χ3n) is 4.30. The van der Waals surface area contributed by atoms with Crippen LogP contribution in [0, 0.1) is 12.8 Å². The highest BCUT2D eigenvalue weighted by molar-refractivity contribution is 7.80. The molecule has 1 fully saturated rings. The number of thiol groups is 1. The fourth-order valence-corrected chi connectivity index (χ4v) is 3.26. The van der Waals surface area contributed by atoms with Crippen molar-refractivity contribution in [3.8, 4) is 0 Å². The molecule has 20 heavy (non-hydrogen) atoms. The molecule has 1 aromatic carbocycles. The Kier molecular flexibility index (Phi) is 6.24. The first kappa shape index (κ1) is 15.7. The van der Waals surface area contributed by atoms with E-state index in [1.165, 1.54) is 43.7 Å². The van der Waals surface area contributed by atoms with E-state index in [-0.39, 0.29) is 0 Å². The monoisotopic (exact) mass is 292 g/mol. The van der Waals surface area contributed by atoms with Crippen molar-refractivity contribution in [1.29, 1.82) is 0 Å². The van der Waals surface area contributed by atoms with Crippen molar-refractivity contribution >= 4 is 18.3 Å². The van der Waals surface area contributed by atoms with Gasteiger partial charge in [-0.1, -0.05) is 19.1 Å². The normalized spacial score (nSPS) is 18.2. The van der Waals surface area contributed by atoms with E-state index in [1.54, 1.807) is 0 Å². The van der Waals surface area contributed by atoms with Crippen LogP contribution in [0.4, 0.5) is 5.69 Å². The summed E-state index contributed by atoms with van der Waals surface area (Å²) in [6, 6.07) is 8.86. The van der Waals surface area contributed by atoms with E-state index in [4.69, 9.17) is 0 Å². The van der Waals surface area contributed by atoms with Crippen LogP contribution in [0.15, 0.2) is 24.3 Å². The van der Waals surface area contributed by atoms with Gasteiger partial charge in [-0.2, -0.15) is 12.6 Å². The molecule has 1 unspecified atom stereocenters. The van der Waals surface area contributed by atoms with Crippen LogP contribution in [-0.4, -0.2) is 43.4 Å². The van der Waals surface area contributed by atoms with Crippen LogP contribution in [0.1, 0.15) is 25.3 Å². The standard InChI is InChI=1S/C17H28N2S/c1-15(7-13-20)6-8-18-9-11-19(12-10-18)17-5-3-4-16(2)14-17/h3-5,14-15,20H,6-13H2,1-2H3. The molecule has 0 N–H and O–H groups in total. The molecule has 2 rings (SSSR count). The molecular formula is C17H28N2S. The summed E-state index contributed by atoms with van der Waals surface area (Å²) < 4.78 is 0. The second kappa shape index (κ2) is 7.94. The van der Waals surface area contributed by atoms with Gasteiger partial charge in [0, 0.05) is 31.9 Å². The molecule has 1 saturated heterocycles. The summed E-state index contributed by atoms with van der Waals surface area (Å²) in [5.74, 6) is 1.82. The van der Waals surface area contributed by atoms with Gasteiger partial charge in [0.05, 0.1) is 0 Å². The minimum atomic E-state index is 0.808. The third-order valence-corrected chi connectivity index (χ3v) is 4.56. The Morgan fingerprint density at radius 3 is 2.55 bits per heavy atom. The van der Waals surface area contributed by atoms with Crippen molar-refractivity contribution in [2.75, 3.05) is 43.4 Å². The first-order valence-corrected chi connectivity index (χ1v) is 8.47. The average molecular weight is 292 g/mol. The van der Waals surface area contributed by atoms with Crippen molar-refractivity contribution in [3.63, 3.8) is 0 Å². The lowest BCUT2D eigenvalue weighted by Crippen LogP contribution is -2.46. The second-order valence-electron chi connectivity index (χ2n) is 6.07. The first-order valence-electron chi connectivity index (χ1n) is 7.84. The van der Waals surface area contributed by atoms with E-state index < -0.39 is 0 Å². The summed E-state index contributed by atoms with van der Waals surface area (Å²) in [4.78, 5) is 5.13. The molecule has 1 aliphatic rings. The zero-order valence-electron chi connectivity index (χ0n) is 12.9. The van der Waals surface area contributed by atoms with E-state index in [9.17, 15) is 0 Å². The minimum Gasteiger partial charge on any atom is -0.369 e. The van der Waals surface area contributed by atoms with Crippen LogP contribution >= 0.6 is 12.6 Å². The summed E-state index contributed by atoms with van der Waals surface area (Å²) in [6.07, 6.45) is 2.55. The van der Waals surface area contributed by atoms with Crippen molar-refractivity contribution < 1.29 is 0 Å². The maximum Gasteiger partial charge on any atom is 0.0369 e. The van der Waals surface area contributed by atoms with Crippen molar-refractivity contribution in [3.05, 3.63) is 29.8 Å². The van der Waals surface area contributed by atoms with Gasteiger partial charge in [0.2, 0.25) is 0 Å². The molecule has 0 radical (unpaired) electrons. The van der Waals surface area contributed by atoms with Crippen LogP contribution in [-0.2, 0) is 0 Å². The summed E-state index contributed by atoms with van der Waals surface area (Å²) in [7, 11) is 0. The van der Waals surface area contributed by atoms with E-state index in [1.807, 2.05) is 0 Å². The van der Waals surface area contributed by atoms with E-state index >= 15 is 0 Å². The minimum absolute atomic E-state index is 0.808. The summed E-state index contributed by atoms with van der Waals surface area (Å²) >= 11 is 4.32. The number of aryl methyl sites for hydroxylation is 1. The van der Waals surface area contributed by atoms with Crippen LogP contribution in [0.3, 0.4) is 0 Å². The van der Waals surface area contributed by atoms with E-state index in [0.717, 1.165) is 24.8 Å². The predicted octanol–water partition coefficient (Wildman–Crippen LogP) is 3.46. The molecule has 1 heterocycles. The van der Waals surface area contributed by atoms with Gasteiger partial charge in [-0.3, -0.25) is 4.90 Å². The highest BCUT2D eigenvalue weighted by Crippen LogP contribution is 2.18. The Hall–Kier alpha value is -0.670.